The van der Waals surface area contributed by atoms with Crippen LogP contribution in [-0.2, 0) is 11.3 Å². The average molecular weight is 622 g/mol. The Balaban J connectivity index is 1.03. The summed E-state index contributed by atoms with van der Waals surface area (Å²) < 4.78 is 21.6. The van der Waals surface area contributed by atoms with Crippen molar-refractivity contribution in [3.63, 3.8) is 0 Å². The number of unbranched alkanes of at least 4 members (excludes halogenated alkanes) is 1. The second-order valence-electron chi connectivity index (χ2n) is 14.2. The topological polar surface area (TPSA) is 70.9 Å². The molecule has 45 heavy (non-hydrogen) atoms. The molecule has 1 aromatic carbocycles. The lowest BCUT2D eigenvalue weighted by atomic mass is 9.75. The molecule has 8 nitrogen and oxygen atoms in total. The predicted molar refractivity (Wildman–Crippen MR) is 173 cm³/mol. The van der Waals surface area contributed by atoms with Crippen LogP contribution in [0.25, 0.3) is 0 Å². The van der Waals surface area contributed by atoms with Crippen molar-refractivity contribution in [2.75, 3.05) is 39.3 Å². The largest absolute Gasteiger partial charge is 0.442 e. The van der Waals surface area contributed by atoms with Crippen molar-refractivity contribution in [1.29, 1.82) is 0 Å². The van der Waals surface area contributed by atoms with Gasteiger partial charge in [0.15, 0.2) is 0 Å². The van der Waals surface area contributed by atoms with Crippen LogP contribution in [0.3, 0.4) is 0 Å². The Morgan fingerprint density at radius 3 is 2.42 bits per heavy atom. The van der Waals surface area contributed by atoms with E-state index < -0.39 is 0 Å². The number of likely N-dealkylation sites (tertiary alicyclic amines) is 2. The zero-order valence-corrected chi connectivity index (χ0v) is 27.4. The molecule has 2 aromatic rings. The van der Waals surface area contributed by atoms with Gasteiger partial charge in [-0.3, -0.25) is 14.4 Å². The zero-order valence-electron chi connectivity index (χ0n) is 27.4. The summed E-state index contributed by atoms with van der Waals surface area (Å²) in [6.07, 6.45) is 13.5. The van der Waals surface area contributed by atoms with E-state index in [0.717, 1.165) is 82.6 Å². The van der Waals surface area contributed by atoms with E-state index in [-0.39, 0.29) is 23.4 Å². The van der Waals surface area contributed by atoms with Crippen LogP contribution >= 0.6 is 0 Å². The second-order valence-corrected chi connectivity index (χ2v) is 14.2. The molecule has 3 saturated heterocycles. The average Bonchev–Trinajstić information content (AvgIpc) is 3.43. The molecular weight excluding hydrogens is 569 g/mol. The molecule has 1 spiro atoms. The van der Waals surface area contributed by atoms with Crippen molar-refractivity contribution < 1.29 is 18.7 Å². The van der Waals surface area contributed by atoms with Gasteiger partial charge in [0, 0.05) is 64.1 Å². The maximum absolute atomic E-state index is 13.6. The molecule has 9 heteroatoms. The standard InChI is InChI=1S/C36H52FN5O3/c1-3-4-10-30-26-41(24-28-8-6-5-7-9-28)35(44)45-36(30)17-21-39(22-18-36)32-15-19-40(20-16-32)34(43)33-23-27(2)38-42(33)25-29-11-13-31(37)14-12-29/h11-14,23,28,30,32H,3-10,15-22,24-26H2,1-2H3. The van der Waals surface area contributed by atoms with Crippen LogP contribution in [0.15, 0.2) is 30.3 Å². The lowest BCUT2D eigenvalue weighted by Gasteiger charge is -2.52. The number of carbonyl (C=O) groups excluding carboxylic acids is 2. The van der Waals surface area contributed by atoms with E-state index in [1.54, 1.807) is 16.8 Å². The van der Waals surface area contributed by atoms with Crippen LogP contribution < -0.4 is 0 Å². The van der Waals surface area contributed by atoms with Gasteiger partial charge in [-0.2, -0.15) is 5.10 Å². The maximum atomic E-state index is 13.6. The van der Waals surface area contributed by atoms with Gasteiger partial charge in [-0.15, -0.1) is 0 Å². The lowest BCUT2D eigenvalue weighted by molar-refractivity contribution is -0.127. The van der Waals surface area contributed by atoms with Gasteiger partial charge >= 0.3 is 6.09 Å². The number of halogens is 1. The molecule has 0 bridgehead atoms. The molecule has 246 valence electrons. The summed E-state index contributed by atoms with van der Waals surface area (Å²) >= 11 is 0. The highest BCUT2D eigenvalue weighted by atomic mass is 19.1. The molecule has 4 heterocycles. The Labute approximate surface area is 268 Å². The van der Waals surface area contributed by atoms with Gasteiger partial charge in [0.1, 0.15) is 17.1 Å². The molecule has 4 aliphatic rings. The summed E-state index contributed by atoms with van der Waals surface area (Å²) in [4.78, 5) is 33.5. The van der Waals surface area contributed by atoms with E-state index in [4.69, 9.17) is 4.74 Å². The number of aryl methyl sites for hydroxylation is 1. The third-order valence-electron chi connectivity index (χ3n) is 11.1. The van der Waals surface area contributed by atoms with Gasteiger partial charge in [0.2, 0.25) is 0 Å². The van der Waals surface area contributed by atoms with Crippen LogP contribution in [0.2, 0.25) is 0 Å². The van der Waals surface area contributed by atoms with Gasteiger partial charge in [-0.1, -0.05) is 51.2 Å². The fourth-order valence-corrected chi connectivity index (χ4v) is 8.44. The number of rotatable bonds is 9. The predicted octanol–water partition coefficient (Wildman–Crippen LogP) is 6.66. The SMILES string of the molecule is CCCCC1CN(CC2CCCCC2)C(=O)OC12CCN(C1CCN(C(=O)c3cc(C)nn3Cc3ccc(F)cc3)CC1)CC2. The number of amides is 2. The molecule has 2 amide bonds. The van der Waals surface area contributed by atoms with Crippen LogP contribution in [0, 0.1) is 24.6 Å². The van der Waals surface area contributed by atoms with E-state index >= 15 is 0 Å². The van der Waals surface area contributed by atoms with E-state index in [1.165, 1.54) is 57.1 Å². The first-order valence-corrected chi connectivity index (χ1v) is 17.6. The summed E-state index contributed by atoms with van der Waals surface area (Å²) in [5.74, 6) is 0.778. The highest BCUT2D eigenvalue weighted by molar-refractivity contribution is 5.92. The van der Waals surface area contributed by atoms with E-state index in [1.807, 2.05) is 22.8 Å². The molecule has 3 aliphatic heterocycles. The van der Waals surface area contributed by atoms with Crippen molar-refractivity contribution in [2.24, 2.45) is 11.8 Å². The van der Waals surface area contributed by atoms with Crippen molar-refractivity contribution >= 4 is 12.0 Å². The first-order valence-electron chi connectivity index (χ1n) is 17.6. The first-order chi connectivity index (χ1) is 21.8. The minimum absolute atomic E-state index is 0.0134. The Bertz CT molecular complexity index is 1290. The molecule has 6 rings (SSSR count). The third-order valence-corrected chi connectivity index (χ3v) is 11.1. The van der Waals surface area contributed by atoms with Crippen LogP contribution in [0.1, 0.15) is 106 Å². The first kappa shape index (κ1) is 32.0. The van der Waals surface area contributed by atoms with Crippen molar-refractivity contribution in [3.05, 3.63) is 53.1 Å². The Hall–Kier alpha value is -2.94. The number of aromatic nitrogens is 2. The normalized spacial score (nSPS) is 23.4. The van der Waals surface area contributed by atoms with Gasteiger partial charge in [0.25, 0.3) is 5.91 Å². The molecular formula is C36H52FN5O3. The number of carbonyl (C=O) groups is 2. The number of benzene rings is 1. The molecule has 1 aromatic heterocycles. The monoisotopic (exact) mass is 621 g/mol. The van der Waals surface area contributed by atoms with Crippen molar-refractivity contribution in [2.45, 2.75) is 109 Å². The second kappa shape index (κ2) is 14.2. The van der Waals surface area contributed by atoms with Gasteiger partial charge in [-0.25, -0.2) is 9.18 Å². The Morgan fingerprint density at radius 1 is 1.02 bits per heavy atom. The molecule has 1 atom stereocenters. The quantitative estimate of drug-likeness (QED) is 0.313. The lowest BCUT2D eigenvalue weighted by Crippen LogP contribution is -2.61. The third kappa shape index (κ3) is 7.39. The fourth-order valence-electron chi connectivity index (χ4n) is 8.44. The van der Waals surface area contributed by atoms with Gasteiger partial charge in [0.05, 0.1) is 12.2 Å². The molecule has 1 unspecified atom stereocenters. The number of nitrogens with zero attached hydrogens (tertiary/aromatic N) is 5. The highest BCUT2D eigenvalue weighted by Crippen LogP contribution is 2.42. The van der Waals surface area contributed by atoms with Crippen LogP contribution in [0.4, 0.5) is 9.18 Å². The van der Waals surface area contributed by atoms with Crippen LogP contribution in [-0.4, -0.2) is 87.4 Å². The number of piperidine rings is 2. The molecule has 4 fully saturated rings. The highest BCUT2D eigenvalue weighted by Gasteiger charge is 2.50. The summed E-state index contributed by atoms with van der Waals surface area (Å²) in [5, 5.41) is 4.57. The summed E-state index contributed by atoms with van der Waals surface area (Å²) in [6.45, 7) is 9.64. The molecule has 1 aliphatic carbocycles. The van der Waals surface area contributed by atoms with E-state index in [2.05, 4.69) is 16.9 Å². The smallest absolute Gasteiger partial charge is 0.410 e. The van der Waals surface area contributed by atoms with Crippen molar-refractivity contribution in [3.8, 4) is 0 Å². The van der Waals surface area contributed by atoms with Gasteiger partial charge in [-0.05, 0) is 68.7 Å². The van der Waals surface area contributed by atoms with E-state index in [9.17, 15) is 14.0 Å². The summed E-state index contributed by atoms with van der Waals surface area (Å²) in [6, 6.07) is 8.66. The number of hydrogen-bond donors (Lipinski definition) is 0. The molecule has 0 radical (unpaired) electrons. The van der Waals surface area contributed by atoms with Gasteiger partial charge < -0.3 is 14.5 Å². The minimum Gasteiger partial charge on any atom is -0.442 e. The minimum atomic E-state index is -0.330. The number of ether oxygens (including phenoxy) is 1. The van der Waals surface area contributed by atoms with Crippen molar-refractivity contribution in [1.82, 2.24) is 24.5 Å². The molecule has 1 saturated carbocycles. The zero-order chi connectivity index (χ0) is 31.4. The maximum Gasteiger partial charge on any atom is 0.410 e. The van der Waals surface area contributed by atoms with Crippen LogP contribution in [0.5, 0.6) is 0 Å². The molecule has 0 N–H and O–H groups in total. The number of hydrogen-bond acceptors (Lipinski definition) is 5. The van der Waals surface area contributed by atoms with E-state index in [0.29, 0.717) is 30.1 Å². The Kier molecular flexibility index (Phi) is 10.1. The Morgan fingerprint density at radius 2 is 1.73 bits per heavy atom. The summed E-state index contributed by atoms with van der Waals surface area (Å²) in [5.41, 5.74) is 1.97. The summed E-state index contributed by atoms with van der Waals surface area (Å²) in [7, 11) is 0. The fraction of sp³-hybridized carbons (Fsp3) is 0.694.